The summed E-state index contributed by atoms with van der Waals surface area (Å²) in [6.07, 6.45) is 4.68. The molecule has 1 aliphatic carbocycles. The van der Waals surface area contributed by atoms with Gasteiger partial charge in [0.2, 0.25) is 0 Å². The molecule has 69 heavy (non-hydrogen) atoms. The topological polar surface area (TPSA) is 137 Å². The first-order chi connectivity index (χ1) is 33.3. The number of benzene rings is 4. The molecule has 3 aliphatic rings. The maximum atomic E-state index is 14.6. The number of anilines is 2. The second kappa shape index (κ2) is 21.6. The van der Waals surface area contributed by atoms with Gasteiger partial charge in [-0.15, -0.1) is 11.8 Å². The molecule has 2 N–H and O–H groups in total. The van der Waals surface area contributed by atoms with E-state index in [1.54, 1.807) is 19.2 Å². The Hall–Kier alpha value is -4.34. The Morgan fingerprint density at radius 3 is 2.36 bits per heavy atom. The number of sulfone groups is 1. The quantitative estimate of drug-likeness (QED) is 0.0679. The Kier molecular flexibility index (Phi) is 15.5. The van der Waals surface area contributed by atoms with E-state index in [1.807, 2.05) is 48.3 Å². The molecule has 20 heteroatoms. The average molecular weight is 1030 g/mol. The van der Waals surface area contributed by atoms with E-state index in [2.05, 4.69) is 41.9 Å². The molecule has 0 bridgehead atoms. The van der Waals surface area contributed by atoms with Crippen LogP contribution in [0.3, 0.4) is 0 Å². The van der Waals surface area contributed by atoms with Crippen LogP contribution in [0.1, 0.15) is 50.3 Å². The predicted octanol–water partition coefficient (Wildman–Crippen LogP) is 9.17. The van der Waals surface area contributed by atoms with Gasteiger partial charge in [0.15, 0.2) is 0 Å². The number of aromatic nitrogens is 2. The smallest absolute Gasteiger partial charge is 0.380 e. The lowest BCUT2D eigenvalue weighted by atomic mass is 9.76. The molecular weight excluding hydrogens is 974 g/mol. The minimum Gasteiger partial charge on any atom is -0.380 e. The van der Waals surface area contributed by atoms with Crippen LogP contribution >= 0.6 is 23.4 Å². The molecule has 1 aromatic heterocycles. The van der Waals surface area contributed by atoms with Crippen LogP contribution in [-0.2, 0) is 44.0 Å². The van der Waals surface area contributed by atoms with Gasteiger partial charge in [-0.05, 0) is 105 Å². The number of nitrogens with one attached hydrogen (secondary N) is 2. The number of halogens is 5. The summed E-state index contributed by atoms with van der Waals surface area (Å²) in [5.41, 5.74) is -2.50. The molecule has 0 amide bonds. The first kappa shape index (κ1) is 49.6. The first-order valence-corrected chi connectivity index (χ1v) is 27.1. The Labute approximate surface area is 412 Å². The molecule has 0 spiro atoms. The third-order valence-corrected chi connectivity index (χ3v) is 17.8. The molecule has 1 atom stereocenters. The Morgan fingerprint density at radius 1 is 0.942 bits per heavy atom. The second-order valence-corrected chi connectivity index (χ2v) is 22.9. The minimum absolute atomic E-state index is 0.0957. The normalized spacial score (nSPS) is 21.6. The number of methoxy groups -OCH3 is 1. The van der Waals surface area contributed by atoms with Crippen LogP contribution in [0.4, 0.5) is 29.1 Å². The highest BCUT2D eigenvalue weighted by Gasteiger charge is 2.49. The zero-order valence-corrected chi connectivity index (χ0v) is 41.5. The highest BCUT2D eigenvalue weighted by Crippen LogP contribution is 2.41. The summed E-state index contributed by atoms with van der Waals surface area (Å²) in [6.45, 7) is 4.28. The summed E-state index contributed by atoms with van der Waals surface area (Å²) in [6, 6.07) is 22.9. The highest BCUT2D eigenvalue weighted by atomic mass is 35.5. The van der Waals surface area contributed by atoms with Crippen molar-refractivity contribution in [2.24, 2.45) is 0 Å². The van der Waals surface area contributed by atoms with Gasteiger partial charge in [-0.3, -0.25) is 9.62 Å². The largest absolute Gasteiger partial charge is 0.501 e. The Morgan fingerprint density at radius 2 is 1.65 bits per heavy atom. The molecule has 370 valence electrons. The number of sulfonamides is 1. The average Bonchev–Trinajstić information content (AvgIpc) is 3.34. The third-order valence-electron chi connectivity index (χ3n) is 13.4. The summed E-state index contributed by atoms with van der Waals surface area (Å²) >= 11 is 7.31. The van der Waals surface area contributed by atoms with E-state index in [1.165, 1.54) is 18.5 Å². The zero-order valence-electron chi connectivity index (χ0n) is 39.3. The van der Waals surface area contributed by atoms with Gasteiger partial charge in [0, 0.05) is 94.0 Å². The summed E-state index contributed by atoms with van der Waals surface area (Å²) < 4.78 is 131. The molecule has 2 aliphatic heterocycles. The van der Waals surface area contributed by atoms with E-state index in [9.17, 15) is 35.8 Å². The van der Waals surface area contributed by atoms with E-state index >= 15 is 0 Å². The van der Waals surface area contributed by atoms with Crippen molar-refractivity contribution in [2.45, 2.75) is 89.3 Å². The number of hydrogen-bond acceptors (Lipinski definition) is 12. The lowest BCUT2D eigenvalue weighted by Crippen LogP contribution is -2.47. The molecule has 1 saturated carbocycles. The van der Waals surface area contributed by atoms with Gasteiger partial charge in [-0.1, -0.05) is 60.1 Å². The van der Waals surface area contributed by atoms with Crippen molar-refractivity contribution in [1.29, 1.82) is 0 Å². The fourth-order valence-electron chi connectivity index (χ4n) is 9.31. The summed E-state index contributed by atoms with van der Waals surface area (Å²) in [7, 11) is -7.12. The first-order valence-electron chi connectivity index (χ1n) is 23.3. The molecular formula is C49H56ClF4N7O5S3. The van der Waals surface area contributed by atoms with Crippen molar-refractivity contribution >= 4 is 54.7 Å². The Balaban J connectivity index is 0.985. The lowest BCUT2D eigenvalue weighted by molar-refractivity contribution is -0.0565. The van der Waals surface area contributed by atoms with Gasteiger partial charge in [-0.25, -0.2) is 31.2 Å². The minimum atomic E-state index is -6.10. The fourth-order valence-corrected chi connectivity index (χ4v) is 12.5. The molecule has 5 aromatic rings. The van der Waals surface area contributed by atoms with Crippen molar-refractivity contribution in [3.05, 3.63) is 125 Å². The van der Waals surface area contributed by atoms with Crippen molar-refractivity contribution in [1.82, 2.24) is 24.7 Å². The van der Waals surface area contributed by atoms with Crippen molar-refractivity contribution < 1.29 is 40.5 Å². The number of fused-ring (bicyclic) bond motifs is 1. The van der Waals surface area contributed by atoms with Gasteiger partial charge < -0.3 is 19.9 Å². The number of alkyl halides is 3. The molecule has 12 nitrogen and oxygen atoms in total. The van der Waals surface area contributed by atoms with E-state index < -0.39 is 64.3 Å². The molecule has 3 heterocycles. The van der Waals surface area contributed by atoms with Crippen LogP contribution in [0.15, 0.2) is 112 Å². The summed E-state index contributed by atoms with van der Waals surface area (Å²) in [5.74, 6) is -0.409. The number of piperazine rings is 1. The molecule has 1 saturated heterocycles. The van der Waals surface area contributed by atoms with Gasteiger partial charge >= 0.3 is 5.51 Å². The van der Waals surface area contributed by atoms with Gasteiger partial charge in [0.05, 0.1) is 21.9 Å². The standard InChI is InChI=1S/C49H56ClF4N7O5S3/c1-59-25-27-60(28-26-59)23-19-37(32-67-45-10-6-5-9-42(45)51)57-43-16-15-39(29-46(43)68(62,63)49(52,53)54)69(64,65)58-47-41-20-24-61(31-44(41)55-33-56-47)38-17-21-48(66-2,22-18-38)30-35-7-3-4-8-40(35)34-11-13-36(50)14-12-34/h3-16,29,33,37-38,57H,17-28,30-32H2,1-2H3,(H,55,56,58)/i38D. The SMILES string of the molecule is [2H]C1(N2CCc3c(ncnc3NS(=O)(=O)c3ccc(NC(CCN4CCN(C)CC4)CSc4ccccc4F)c(S(=O)(=O)C(F)(F)F)c3)C2)CCC(Cc2ccccc2-c2ccc(Cl)cc2)(OC)CC1. The summed E-state index contributed by atoms with van der Waals surface area (Å²) in [4.78, 5) is 13.4. The number of rotatable bonds is 17. The van der Waals surface area contributed by atoms with Crippen LogP contribution in [0, 0.1) is 5.82 Å². The highest BCUT2D eigenvalue weighted by molar-refractivity contribution is 7.99. The number of hydrogen-bond donors (Lipinski definition) is 2. The molecule has 2 fully saturated rings. The predicted molar refractivity (Wildman–Crippen MR) is 262 cm³/mol. The third kappa shape index (κ3) is 12.1. The zero-order chi connectivity index (χ0) is 49.9. The molecule has 0 radical (unpaired) electrons. The molecule has 8 rings (SSSR count). The van der Waals surface area contributed by atoms with Crippen molar-refractivity contribution in [3.8, 4) is 11.1 Å². The molecule has 1 unspecified atom stereocenters. The van der Waals surface area contributed by atoms with E-state index in [4.69, 9.17) is 16.3 Å². The van der Waals surface area contributed by atoms with Gasteiger partial charge in [0.1, 0.15) is 22.9 Å². The monoisotopic (exact) mass is 1030 g/mol. The maximum Gasteiger partial charge on any atom is 0.501 e. The van der Waals surface area contributed by atoms with Crippen LogP contribution in [0.5, 0.6) is 0 Å². The fraction of sp³-hybridized carbons (Fsp3) is 0.429. The van der Waals surface area contributed by atoms with Crippen molar-refractivity contribution in [3.63, 3.8) is 0 Å². The van der Waals surface area contributed by atoms with Gasteiger partial charge in [0.25, 0.3) is 19.9 Å². The van der Waals surface area contributed by atoms with Gasteiger partial charge in [-0.2, -0.15) is 13.2 Å². The molecule has 4 aromatic carbocycles. The Bertz CT molecular complexity index is 2870. The number of nitrogens with zero attached hydrogens (tertiary/aromatic N) is 5. The van der Waals surface area contributed by atoms with E-state index in [0.717, 1.165) is 66.8 Å². The second-order valence-electron chi connectivity index (χ2n) is 17.8. The van der Waals surface area contributed by atoms with Crippen LogP contribution < -0.4 is 10.0 Å². The van der Waals surface area contributed by atoms with E-state index in [0.29, 0.717) is 78.9 Å². The maximum absolute atomic E-state index is 14.6. The number of ether oxygens (including phenoxy) is 1. The number of likely N-dealkylation sites (N-methyl/N-ethyl adjacent to an activating group) is 1. The van der Waals surface area contributed by atoms with Crippen LogP contribution in [0.2, 0.25) is 5.02 Å². The van der Waals surface area contributed by atoms with Crippen LogP contribution in [0.25, 0.3) is 11.1 Å². The van der Waals surface area contributed by atoms with Crippen LogP contribution in [-0.4, -0.2) is 124 Å². The lowest BCUT2D eigenvalue weighted by Gasteiger charge is -2.44. The van der Waals surface area contributed by atoms with Crippen molar-refractivity contribution in [2.75, 3.05) is 69.2 Å². The summed E-state index contributed by atoms with van der Waals surface area (Å²) in [5, 5.41) is 3.62. The van der Waals surface area contributed by atoms with E-state index in [-0.39, 0.29) is 24.5 Å². The number of thioether (sulfide) groups is 1.